The molecule has 6 rings (SSSR count). The van der Waals surface area contributed by atoms with E-state index in [2.05, 4.69) is 69.8 Å². The Morgan fingerprint density at radius 3 is 2.48 bits per heavy atom. The van der Waals surface area contributed by atoms with E-state index in [-0.39, 0.29) is 0 Å². The Morgan fingerprint density at radius 2 is 1.56 bits per heavy atom. The number of aromatic nitrogens is 2. The first kappa shape index (κ1) is 13.0. The average Bonchev–Trinajstić information content (AvgIpc) is 3.29. The molecule has 0 spiro atoms. The van der Waals surface area contributed by atoms with Crippen molar-refractivity contribution in [1.29, 1.82) is 0 Å². The summed E-state index contributed by atoms with van der Waals surface area (Å²) in [6.07, 6.45) is 0. The smallest absolute Gasteiger partial charge is 0.344 e. The van der Waals surface area contributed by atoms with Crippen molar-refractivity contribution in [1.82, 2.24) is 4.57 Å². The number of imidazole rings is 1. The van der Waals surface area contributed by atoms with Crippen molar-refractivity contribution in [2.75, 3.05) is 0 Å². The topological polar surface area (TPSA) is 21.9 Å². The van der Waals surface area contributed by atoms with Gasteiger partial charge < -0.3 is 4.42 Å². The molecular weight excluding hydrogens is 308 g/mol. The van der Waals surface area contributed by atoms with Crippen molar-refractivity contribution >= 4 is 22.2 Å². The summed E-state index contributed by atoms with van der Waals surface area (Å²) < 4.78 is 10.9. The number of hydrogen-bond acceptors (Lipinski definition) is 1. The normalized spacial score (nSPS) is 12.6. The second-order valence-electron chi connectivity index (χ2n) is 6.49. The molecule has 0 radical (unpaired) electrons. The molecule has 0 N–H and O–H groups in total. The maximum atomic E-state index is 6.29. The zero-order valence-electron chi connectivity index (χ0n) is 13.5. The molecule has 5 aromatic rings. The van der Waals surface area contributed by atoms with Crippen LogP contribution < -0.4 is 4.57 Å². The van der Waals surface area contributed by atoms with E-state index >= 15 is 0 Å². The van der Waals surface area contributed by atoms with Gasteiger partial charge in [-0.3, -0.25) is 0 Å². The third kappa shape index (κ3) is 1.62. The van der Waals surface area contributed by atoms with Gasteiger partial charge >= 0.3 is 5.71 Å². The fourth-order valence-corrected chi connectivity index (χ4v) is 4.04. The van der Waals surface area contributed by atoms with E-state index in [4.69, 9.17) is 4.42 Å². The Balaban J connectivity index is 1.83. The van der Waals surface area contributed by atoms with Crippen molar-refractivity contribution in [3.63, 3.8) is 0 Å². The molecule has 0 unspecified atom stereocenters. The first-order valence-corrected chi connectivity index (χ1v) is 8.51. The van der Waals surface area contributed by atoms with Gasteiger partial charge in [-0.1, -0.05) is 48.5 Å². The second-order valence-corrected chi connectivity index (χ2v) is 6.49. The lowest BCUT2D eigenvalue weighted by Gasteiger charge is -2.00. The van der Waals surface area contributed by atoms with E-state index in [9.17, 15) is 0 Å². The minimum Gasteiger partial charge on any atom is -0.419 e. The minimum absolute atomic E-state index is 0.880. The Kier molecular flexibility index (Phi) is 2.40. The van der Waals surface area contributed by atoms with Crippen molar-refractivity contribution in [2.45, 2.75) is 6.54 Å². The number of hydrogen-bond donors (Lipinski definition) is 0. The molecule has 1 aliphatic heterocycles. The van der Waals surface area contributed by atoms with Crippen LogP contribution in [0, 0.1) is 0 Å². The largest absolute Gasteiger partial charge is 0.419 e. The van der Waals surface area contributed by atoms with Gasteiger partial charge in [0, 0.05) is 5.56 Å². The number of rotatable bonds is 1. The Morgan fingerprint density at radius 1 is 0.800 bits per heavy atom. The van der Waals surface area contributed by atoms with Gasteiger partial charge in [0.15, 0.2) is 0 Å². The van der Waals surface area contributed by atoms with Gasteiger partial charge in [-0.15, -0.1) is 0 Å². The highest BCUT2D eigenvalue weighted by Gasteiger charge is 2.37. The summed E-state index contributed by atoms with van der Waals surface area (Å²) in [5, 5.41) is 1.17. The third-order valence-electron chi connectivity index (χ3n) is 5.09. The highest BCUT2D eigenvalue weighted by atomic mass is 16.3. The predicted octanol–water partition coefficient (Wildman–Crippen LogP) is 4.69. The molecule has 0 aliphatic carbocycles. The predicted molar refractivity (Wildman–Crippen MR) is 97.8 cm³/mol. The molecule has 118 valence electrons. The molecule has 0 saturated heterocycles. The van der Waals surface area contributed by atoms with Crippen LogP contribution in [0.15, 0.2) is 83.3 Å². The van der Waals surface area contributed by atoms with Crippen molar-refractivity contribution in [3.05, 3.63) is 84.4 Å². The molecule has 3 heteroatoms. The van der Waals surface area contributed by atoms with E-state index in [1.807, 2.05) is 18.2 Å². The first-order chi connectivity index (χ1) is 12.4. The highest BCUT2D eigenvalue weighted by Crippen LogP contribution is 2.37. The van der Waals surface area contributed by atoms with E-state index in [1.165, 1.54) is 27.9 Å². The molecule has 3 nitrogen and oxygen atoms in total. The quantitative estimate of drug-likeness (QED) is 0.402. The Bertz CT molecular complexity index is 1260. The van der Waals surface area contributed by atoms with Crippen molar-refractivity contribution in [2.24, 2.45) is 0 Å². The van der Waals surface area contributed by atoms with Gasteiger partial charge in [-0.05, 0) is 30.3 Å². The Labute approximate surface area is 144 Å². The number of furan rings is 1. The molecule has 0 atom stereocenters. The van der Waals surface area contributed by atoms with Crippen LogP contribution in [0.25, 0.3) is 39.3 Å². The third-order valence-corrected chi connectivity index (χ3v) is 5.09. The second kappa shape index (κ2) is 4.61. The summed E-state index contributed by atoms with van der Waals surface area (Å²) in [4.78, 5) is 0. The van der Waals surface area contributed by atoms with Gasteiger partial charge in [0.05, 0.1) is 10.9 Å². The zero-order valence-corrected chi connectivity index (χ0v) is 13.5. The summed E-state index contributed by atoms with van der Waals surface area (Å²) in [5.41, 5.74) is 6.78. The molecule has 1 aliphatic rings. The van der Waals surface area contributed by atoms with E-state index in [1.54, 1.807) is 0 Å². The molecular formula is C22H15N2O+. The van der Waals surface area contributed by atoms with Crippen LogP contribution >= 0.6 is 0 Å². The molecule has 3 heterocycles. The first-order valence-electron chi connectivity index (χ1n) is 8.51. The van der Waals surface area contributed by atoms with Gasteiger partial charge in [0.1, 0.15) is 17.8 Å². The summed E-state index contributed by atoms with van der Waals surface area (Å²) >= 11 is 0. The lowest BCUT2D eigenvalue weighted by molar-refractivity contribution is -0.645. The van der Waals surface area contributed by atoms with Crippen LogP contribution in [-0.2, 0) is 6.54 Å². The SMILES string of the molecule is c1ccc(-n2c3[n+](c4c5ccccc5oc42)Cc2ccccc2-3)cc1. The maximum Gasteiger partial charge on any atom is 0.344 e. The summed E-state index contributed by atoms with van der Waals surface area (Å²) in [7, 11) is 0. The van der Waals surface area contributed by atoms with Crippen molar-refractivity contribution in [3.8, 4) is 17.1 Å². The molecule has 0 saturated carbocycles. The number of nitrogens with zero attached hydrogens (tertiary/aromatic N) is 2. The van der Waals surface area contributed by atoms with Crippen LogP contribution in [-0.4, -0.2) is 4.57 Å². The lowest BCUT2D eigenvalue weighted by Crippen LogP contribution is -2.31. The molecule has 0 amide bonds. The molecule has 0 bridgehead atoms. The average molecular weight is 323 g/mol. The fourth-order valence-electron chi connectivity index (χ4n) is 4.04. The van der Waals surface area contributed by atoms with Crippen LogP contribution in [0.2, 0.25) is 0 Å². The lowest BCUT2D eigenvalue weighted by atomic mass is 10.1. The van der Waals surface area contributed by atoms with Crippen LogP contribution in [0.5, 0.6) is 0 Å². The summed E-state index contributed by atoms with van der Waals surface area (Å²) in [6, 6.07) is 27.4. The summed E-state index contributed by atoms with van der Waals surface area (Å²) in [5.74, 6) is 1.20. The van der Waals surface area contributed by atoms with E-state index in [0.29, 0.717) is 0 Å². The molecule has 2 aromatic heterocycles. The van der Waals surface area contributed by atoms with Gasteiger partial charge in [-0.2, -0.15) is 4.57 Å². The van der Waals surface area contributed by atoms with E-state index < -0.39 is 0 Å². The standard InChI is InChI=1S/C22H15N2O/c1-2-9-16(10-3-1)24-21-17-11-5-4-8-15(17)14-23(21)20-18-12-6-7-13-19(18)25-22(20)24/h1-13H,14H2/q+1. The minimum atomic E-state index is 0.880. The van der Waals surface area contributed by atoms with Gasteiger partial charge in [0.2, 0.25) is 5.52 Å². The molecule has 0 fully saturated rings. The van der Waals surface area contributed by atoms with Gasteiger partial charge in [-0.25, -0.2) is 4.57 Å². The zero-order chi connectivity index (χ0) is 16.4. The molecule has 25 heavy (non-hydrogen) atoms. The monoisotopic (exact) mass is 323 g/mol. The van der Waals surface area contributed by atoms with Crippen molar-refractivity contribution < 1.29 is 8.98 Å². The maximum absolute atomic E-state index is 6.29. The van der Waals surface area contributed by atoms with Gasteiger partial charge in [0.25, 0.3) is 5.82 Å². The van der Waals surface area contributed by atoms with E-state index in [0.717, 1.165) is 23.5 Å². The van der Waals surface area contributed by atoms with Crippen LogP contribution in [0.3, 0.4) is 0 Å². The number of para-hydroxylation sites is 2. The number of benzene rings is 3. The fraction of sp³-hybridized carbons (Fsp3) is 0.0455. The van der Waals surface area contributed by atoms with Crippen LogP contribution in [0.4, 0.5) is 0 Å². The summed E-state index contributed by atoms with van der Waals surface area (Å²) in [6.45, 7) is 0.880. The molecule has 3 aromatic carbocycles. The highest BCUT2D eigenvalue weighted by molar-refractivity contribution is 6.01. The van der Waals surface area contributed by atoms with Crippen LogP contribution in [0.1, 0.15) is 5.56 Å². The Hall–Kier alpha value is -3.33. The number of fused-ring (bicyclic) bond motifs is 7.